The molecule has 2 rings (SSSR count). The molecular formula is C13H17NO2S. The van der Waals surface area contributed by atoms with Crippen molar-refractivity contribution in [1.29, 1.82) is 0 Å². The number of aliphatic carboxylic acids is 1. The molecule has 1 aliphatic rings. The van der Waals surface area contributed by atoms with Crippen molar-refractivity contribution in [2.75, 3.05) is 11.1 Å². The molecule has 1 aliphatic heterocycles. The monoisotopic (exact) mass is 251 g/mol. The van der Waals surface area contributed by atoms with Crippen molar-refractivity contribution in [3.05, 3.63) is 23.8 Å². The van der Waals surface area contributed by atoms with Crippen LogP contribution in [0.2, 0.25) is 0 Å². The number of hydrogen-bond donors (Lipinski definition) is 2. The average molecular weight is 251 g/mol. The highest BCUT2D eigenvalue weighted by Gasteiger charge is 2.28. The highest BCUT2D eigenvalue weighted by atomic mass is 32.2. The van der Waals surface area contributed by atoms with Crippen LogP contribution < -0.4 is 5.32 Å². The summed E-state index contributed by atoms with van der Waals surface area (Å²) in [5, 5.41) is 12.2. The van der Waals surface area contributed by atoms with Crippen LogP contribution in [0.25, 0.3) is 0 Å². The molecule has 2 N–H and O–H groups in total. The number of nitrogens with one attached hydrogen (secondary N) is 1. The van der Waals surface area contributed by atoms with E-state index in [1.54, 1.807) is 11.8 Å². The first-order chi connectivity index (χ1) is 7.89. The van der Waals surface area contributed by atoms with Crippen LogP contribution in [0.5, 0.6) is 0 Å². The maximum atomic E-state index is 11.0. The first-order valence-corrected chi connectivity index (χ1v) is 6.64. The summed E-state index contributed by atoms with van der Waals surface area (Å²) >= 11 is 1.61. The third-order valence-corrected chi connectivity index (χ3v) is 4.01. The minimum atomic E-state index is -0.785. The molecule has 0 saturated heterocycles. The molecule has 0 saturated carbocycles. The second-order valence-electron chi connectivity index (χ2n) is 5.27. The van der Waals surface area contributed by atoms with Gasteiger partial charge in [0.15, 0.2) is 0 Å². The van der Waals surface area contributed by atoms with Gasteiger partial charge in [0.1, 0.15) is 6.04 Å². The zero-order valence-corrected chi connectivity index (χ0v) is 11.1. The lowest BCUT2D eigenvalue weighted by Crippen LogP contribution is -2.35. The van der Waals surface area contributed by atoms with Crippen molar-refractivity contribution >= 4 is 23.4 Å². The third-order valence-electron chi connectivity index (χ3n) is 2.86. The summed E-state index contributed by atoms with van der Waals surface area (Å²) in [6.07, 6.45) is 0. The van der Waals surface area contributed by atoms with E-state index in [4.69, 9.17) is 5.11 Å². The standard InChI is InChI=1S/C13H17NO2S/c1-13(2,3)8-5-4-6-10-11(8)14-9(7-17-10)12(15)16/h4-6,9,14H,7H2,1-3H3,(H,15,16). The van der Waals surface area contributed by atoms with E-state index in [2.05, 4.69) is 32.2 Å². The summed E-state index contributed by atoms with van der Waals surface area (Å²) in [7, 11) is 0. The maximum absolute atomic E-state index is 11.0. The quantitative estimate of drug-likeness (QED) is 0.805. The van der Waals surface area contributed by atoms with Crippen LogP contribution in [-0.4, -0.2) is 22.9 Å². The van der Waals surface area contributed by atoms with E-state index < -0.39 is 12.0 Å². The Kier molecular flexibility index (Phi) is 3.08. The molecule has 1 atom stereocenters. The number of rotatable bonds is 1. The van der Waals surface area contributed by atoms with E-state index in [-0.39, 0.29) is 5.41 Å². The van der Waals surface area contributed by atoms with Gasteiger partial charge in [-0.3, -0.25) is 0 Å². The van der Waals surface area contributed by atoms with E-state index in [0.717, 1.165) is 10.6 Å². The number of thioether (sulfide) groups is 1. The van der Waals surface area contributed by atoms with Crippen molar-refractivity contribution in [3.8, 4) is 0 Å². The molecule has 3 nitrogen and oxygen atoms in total. The SMILES string of the molecule is CC(C)(C)c1cccc2c1NC(C(=O)O)CS2. The normalized spacial score (nSPS) is 19.4. The number of anilines is 1. The molecule has 1 unspecified atom stereocenters. The molecule has 1 aromatic rings. The predicted molar refractivity (Wildman–Crippen MR) is 70.9 cm³/mol. The van der Waals surface area contributed by atoms with E-state index >= 15 is 0 Å². The van der Waals surface area contributed by atoms with Crippen LogP contribution in [0.15, 0.2) is 23.1 Å². The summed E-state index contributed by atoms with van der Waals surface area (Å²) in [5.74, 6) is -0.206. The van der Waals surface area contributed by atoms with Gasteiger partial charge in [-0.05, 0) is 17.0 Å². The fraction of sp³-hybridized carbons (Fsp3) is 0.462. The Bertz CT molecular complexity index is 451. The van der Waals surface area contributed by atoms with Gasteiger partial charge in [0.25, 0.3) is 0 Å². The van der Waals surface area contributed by atoms with E-state index in [1.165, 1.54) is 5.56 Å². The summed E-state index contributed by atoms with van der Waals surface area (Å²) in [6.45, 7) is 6.41. The number of para-hydroxylation sites is 1. The van der Waals surface area contributed by atoms with Crippen molar-refractivity contribution in [2.24, 2.45) is 0 Å². The zero-order valence-electron chi connectivity index (χ0n) is 10.3. The fourth-order valence-corrected chi connectivity index (χ4v) is 3.01. The van der Waals surface area contributed by atoms with Gasteiger partial charge in [0.05, 0.1) is 5.69 Å². The van der Waals surface area contributed by atoms with Gasteiger partial charge in [0, 0.05) is 10.6 Å². The Hall–Kier alpha value is -1.16. The Morgan fingerprint density at radius 2 is 2.18 bits per heavy atom. The highest BCUT2D eigenvalue weighted by Crippen LogP contribution is 2.40. The lowest BCUT2D eigenvalue weighted by molar-refractivity contribution is -0.137. The average Bonchev–Trinajstić information content (AvgIpc) is 2.26. The first-order valence-electron chi connectivity index (χ1n) is 5.65. The number of fused-ring (bicyclic) bond motifs is 1. The largest absolute Gasteiger partial charge is 0.480 e. The summed E-state index contributed by atoms with van der Waals surface area (Å²) < 4.78 is 0. The molecule has 0 radical (unpaired) electrons. The highest BCUT2D eigenvalue weighted by molar-refractivity contribution is 7.99. The third kappa shape index (κ3) is 2.41. The predicted octanol–water partition coefficient (Wildman–Crippen LogP) is 2.95. The van der Waals surface area contributed by atoms with E-state index in [1.807, 2.05) is 12.1 Å². The molecule has 1 aromatic carbocycles. The Morgan fingerprint density at radius 3 is 2.76 bits per heavy atom. The second kappa shape index (κ2) is 4.26. The number of carboxylic acid groups (broad SMARTS) is 1. The van der Waals surface area contributed by atoms with Gasteiger partial charge in [-0.2, -0.15) is 0 Å². The number of benzene rings is 1. The van der Waals surface area contributed by atoms with E-state index in [9.17, 15) is 4.79 Å². The Balaban J connectivity index is 2.43. The lowest BCUT2D eigenvalue weighted by atomic mass is 9.85. The van der Waals surface area contributed by atoms with Gasteiger partial charge in [-0.1, -0.05) is 32.9 Å². The maximum Gasteiger partial charge on any atom is 0.326 e. The Morgan fingerprint density at radius 1 is 1.47 bits per heavy atom. The van der Waals surface area contributed by atoms with Crippen molar-refractivity contribution in [2.45, 2.75) is 37.1 Å². The van der Waals surface area contributed by atoms with Gasteiger partial charge in [-0.25, -0.2) is 4.79 Å². The minimum Gasteiger partial charge on any atom is -0.480 e. The molecule has 0 bridgehead atoms. The van der Waals surface area contributed by atoms with Crippen LogP contribution in [0.3, 0.4) is 0 Å². The molecule has 4 heteroatoms. The smallest absolute Gasteiger partial charge is 0.326 e. The van der Waals surface area contributed by atoms with Gasteiger partial charge in [0.2, 0.25) is 0 Å². The van der Waals surface area contributed by atoms with Crippen LogP contribution in [-0.2, 0) is 10.2 Å². The molecule has 0 aliphatic carbocycles. The number of carboxylic acids is 1. The topological polar surface area (TPSA) is 49.3 Å². The van der Waals surface area contributed by atoms with Crippen LogP contribution in [0, 0.1) is 0 Å². The molecule has 0 amide bonds. The zero-order chi connectivity index (χ0) is 12.6. The van der Waals surface area contributed by atoms with Gasteiger partial charge in [-0.15, -0.1) is 11.8 Å². The molecule has 17 heavy (non-hydrogen) atoms. The van der Waals surface area contributed by atoms with Crippen molar-refractivity contribution < 1.29 is 9.90 Å². The molecule has 0 spiro atoms. The number of hydrogen-bond acceptors (Lipinski definition) is 3. The van der Waals surface area contributed by atoms with Crippen LogP contribution in [0.1, 0.15) is 26.3 Å². The van der Waals surface area contributed by atoms with E-state index in [0.29, 0.717) is 5.75 Å². The fourth-order valence-electron chi connectivity index (χ4n) is 1.95. The lowest BCUT2D eigenvalue weighted by Gasteiger charge is -2.30. The Labute approximate surface area is 106 Å². The number of carbonyl (C=O) groups is 1. The molecule has 0 fully saturated rings. The second-order valence-corrected chi connectivity index (χ2v) is 6.34. The summed E-state index contributed by atoms with van der Waals surface area (Å²) in [5.41, 5.74) is 2.18. The van der Waals surface area contributed by atoms with Crippen molar-refractivity contribution in [3.63, 3.8) is 0 Å². The molecule has 1 heterocycles. The van der Waals surface area contributed by atoms with Crippen LogP contribution in [0.4, 0.5) is 5.69 Å². The summed E-state index contributed by atoms with van der Waals surface area (Å²) in [4.78, 5) is 12.2. The molecule has 0 aromatic heterocycles. The molecular weight excluding hydrogens is 234 g/mol. The summed E-state index contributed by atoms with van der Waals surface area (Å²) in [6, 6.07) is 5.66. The van der Waals surface area contributed by atoms with Gasteiger partial charge >= 0.3 is 5.97 Å². The first kappa shape index (κ1) is 12.3. The molecule has 92 valence electrons. The van der Waals surface area contributed by atoms with Crippen molar-refractivity contribution in [1.82, 2.24) is 0 Å². The van der Waals surface area contributed by atoms with Gasteiger partial charge < -0.3 is 10.4 Å². The van der Waals surface area contributed by atoms with Crippen LogP contribution >= 0.6 is 11.8 Å². The minimum absolute atomic E-state index is 0.0132.